The van der Waals surface area contributed by atoms with Gasteiger partial charge < -0.3 is 10.1 Å². The van der Waals surface area contributed by atoms with Gasteiger partial charge in [-0.15, -0.1) is 0 Å². The molecule has 0 atom stereocenters. The van der Waals surface area contributed by atoms with Gasteiger partial charge in [0.05, 0.1) is 0 Å². The number of H-pyrrole nitrogens is 1. The quantitative estimate of drug-likeness (QED) is 0.478. The number of nitrogens with one attached hydrogen (secondary N) is 1. The van der Waals surface area contributed by atoms with Gasteiger partial charge in [-0.3, -0.25) is 4.79 Å². The SMILES string of the molecule is [N-]=[N+]=Nc1[nH]c2ccccc2c1CCC(=O)O. The Morgan fingerprint density at radius 2 is 2.24 bits per heavy atom. The van der Waals surface area contributed by atoms with Gasteiger partial charge in [0, 0.05) is 22.2 Å². The van der Waals surface area contributed by atoms with E-state index in [-0.39, 0.29) is 6.42 Å². The molecular weight excluding hydrogens is 220 g/mol. The molecule has 0 radical (unpaired) electrons. The largest absolute Gasteiger partial charge is 0.481 e. The number of carboxylic acid groups (broad SMARTS) is 1. The highest BCUT2D eigenvalue weighted by molar-refractivity contribution is 5.88. The van der Waals surface area contributed by atoms with Crippen LogP contribution in [0.2, 0.25) is 0 Å². The van der Waals surface area contributed by atoms with Crippen LogP contribution in [0.25, 0.3) is 21.3 Å². The van der Waals surface area contributed by atoms with Crippen LogP contribution in [0.3, 0.4) is 0 Å². The van der Waals surface area contributed by atoms with Crippen molar-refractivity contribution in [2.24, 2.45) is 5.11 Å². The van der Waals surface area contributed by atoms with Crippen molar-refractivity contribution in [1.29, 1.82) is 0 Å². The van der Waals surface area contributed by atoms with Gasteiger partial charge in [0.1, 0.15) is 5.82 Å². The van der Waals surface area contributed by atoms with Crippen LogP contribution >= 0.6 is 0 Å². The van der Waals surface area contributed by atoms with Gasteiger partial charge in [0.25, 0.3) is 0 Å². The molecule has 0 spiro atoms. The molecule has 86 valence electrons. The average molecular weight is 230 g/mol. The molecule has 2 aromatic rings. The van der Waals surface area contributed by atoms with Crippen LogP contribution in [0.5, 0.6) is 0 Å². The zero-order valence-electron chi connectivity index (χ0n) is 8.92. The second-order valence-corrected chi connectivity index (χ2v) is 3.58. The smallest absolute Gasteiger partial charge is 0.303 e. The van der Waals surface area contributed by atoms with Crippen LogP contribution < -0.4 is 0 Å². The lowest BCUT2D eigenvalue weighted by molar-refractivity contribution is -0.136. The molecule has 0 unspecified atom stereocenters. The van der Waals surface area contributed by atoms with Gasteiger partial charge in [0.2, 0.25) is 0 Å². The molecule has 0 saturated heterocycles. The van der Waals surface area contributed by atoms with Crippen LogP contribution in [0.1, 0.15) is 12.0 Å². The van der Waals surface area contributed by atoms with E-state index in [4.69, 9.17) is 10.6 Å². The minimum atomic E-state index is -0.873. The van der Waals surface area contributed by atoms with Crippen LogP contribution in [-0.2, 0) is 11.2 Å². The number of rotatable bonds is 4. The lowest BCUT2D eigenvalue weighted by Gasteiger charge is -1.97. The summed E-state index contributed by atoms with van der Waals surface area (Å²) < 4.78 is 0. The molecular formula is C11H10N4O2. The standard InChI is InChI=1S/C11H10N4O2/c12-15-14-11-8(5-6-10(16)17)7-3-1-2-4-9(7)13-11/h1-4,13H,5-6H2,(H,16,17). The molecule has 1 aromatic carbocycles. The molecule has 1 aromatic heterocycles. The Morgan fingerprint density at radius 1 is 1.47 bits per heavy atom. The number of aromatic amines is 1. The first-order valence-corrected chi connectivity index (χ1v) is 5.09. The van der Waals surface area contributed by atoms with Crippen LogP contribution in [0, 0.1) is 0 Å². The lowest BCUT2D eigenvalue weighted by Crippen LogP contribution is -1.96. The van der Waals surface area contributed by atoms with Gasteiger partial charge in [-0.2, -0.15) is 0 Å². The number of carbonyl (C=O) groups is 1. The number of benzene rings is 1. The second-order valence-electron chi connectivity index (χ2n) is 3.58. The number of nitrogens with zero attached hydrogens (tertiary/aromatic N) is 3. The van der Waals surface area contributed by atoms with Crippen LogP contribution in [0.15, 0.2) is 29.4 Å². The maximum Gasteiger partial charge on any atom is 0.303 e. The molecule has 0 fully saturated rings. The number of fused-ring (bicyclic) bond motifs is 1. The van der Waals surface area contributed by atoms with Crippen molar-refractivity contribution in [1.82, 2.24) is 4.98 Å². The summed E-state index contributed by atoms with van der Waals surface area (Å²) in [5, 5.41) is 13.1. The van der Waals surface area contributed by atoms with Gasteiger partial charge in [0.15, 0.2) is 0 Å². The fraction of sp³-hybridized carbons (Fsp3) is 0.182. The summed E-state index contributed by atoms with van der Waals surface area (Å²) in [5.74, 6) is -0.475. The molecule has 6 nitrogen and oxygen atoms in total. The Hall–Kier alpha value is -2.46. The number of aromatic nitrogens is 1. The van der Waals surface area contributed by atoms with E-state index in [0.717, 1.165) is 16.5 Å². The summed E-state index contributed by atoms with van der Waals surface area (Å²) in [6.45, 7) is 0. The van der Waals surface area contributed by atoms with E-state index in [9.17, 15) is 4.79 Å². The summed E-state index contributed by atoms with van der Waals surface area (Å²) in [6.07, 6.45) is 0.351. The molecule has 0 saturated carbocycles. The first-order chi connectivity index (χ1) is 8.22. The first-order valence-electron chi connectivity index (χ1n) is 5.09. The lowest BCUT2D eigenvalue weighted by atomic mass is 10.1. The number of aryl methyl sites for hydroxylation is 1. The molecule has 0 aliphatic rings. The molecule has 0 aliphatic heterocycles. The third-order valence-electron chi connectivity index (χ3n) is 2.52. The molecule has 0 amide bonds. The zero-order chi connectivity index (χ0) is 12.3. The van der Waals surface area contributed by atoms with Gasteiger partial charge in [-0.1, -0.05) is 18.2 Å². The normalized spacial score (nSPS) is 10.1. The minimum absolute atomic E-state index is 0.00972. The number of carboxylic acids is 1. The van der Waals surface area contributed by atoms with E-state index in [0.29, 0.717) is 12.2 Å². The fourth-order valence-electron chi connectivity index (χ4n) is 1.80. The molecule has 1 heterocycles. The Labute approximate surface area is 96.5 Å². The molecule has 0 bridgehead atoms. The maximum absolute atomic E-state index is 10.6. The van der Waals surface area contributed by atoms with E-state index in [1.807, 2.05) is 24.3 Å². The molecule has 2 rings (SSSR count). The van der Waals surface area contributed by atoms with Crippen molar-refractivity contribution in [2.45, 2.75) is 12.8 Å². The predicted molar refractivity (Wildman–Crippen MR) is 63.1 cm³/mol. The van der Waals surface area contributed by atoms with Gasteiger partial charge >= 0.3 is 5.97 Å². The Bertz CT molecular complexity index is 611. The van der Waals surface area contributed by atoms with Crippen molar-refractivity contribution in [3.05, 3.63) is 40.3 Å². The monoisotopic (exact) mass is 230 g/mol. The molecule has 0 aliphatic carbocycles. The number of aliphatic carboxylic acids is 1. The molecule has 17 heavy (non-hydrogen) atoms. The van der Waals surface area contributed by atoms with Gasteiger partial charge in [-0.25, -0.2) is 0 Å². The highest BCUT2D eigenvalue weighted by Gasteiger charge is 2.11. The highest BCUT2D eigenvalue weighted by atomic mass is 16.4. The van der Waals surface area contributed by atoms with E-state index in [1.165, 1.54) is 0 Å². The third-order valence-corrected chi connectivity index (χ3v) is 2.52. The van der Waals surface area contributed by atoms with Crippen molar-refractivity contribution >= 4 is 22.7 Å². The summed E-state index contributed by atoms with van der Waals surface area (Å²) in [6, 6.07) is 7.45. The highest BCUT2D eigenvalue weighted by Crippen LogP contribution is 2.29. The van der Waals surface area contributed by atoms with Crippen LogP contribution in [-0.4, -0.2) is 16.1 Å². The number of hydrogen-bond donors (Lipinski definition) is 2. The van der Waals surface area contributed by atoms with Crippen molar-refractivity contribution in [3.8, 4) is 0 Å². The van der Waals surface area contributed by atoms with Crippen molar-refractivity contribution in [3.63, 3.8) is 0 Å². The Morgan fingerprint density at radius 3 is 2.94 bits per heavy atom. The number of para-hydroxylation sites is 1. The topological polar surface area (TPSA) is 102 Å². The molecule has 2 N–H and O–H groups in total. The summed E-state index contributed by atoms with van der Waals surface area (Å²) in [5.41, 5.74) is 10.1. The zero-order valence-corrected chi connectivity index (χ0v) is 8.92. The second kappa shape index (κ2) is 4.59. The van der Waals surface area contributed by atoms with Gasteiger partial charge in [-0.05, 0) is 28.7 Å². The third kappa shape index (κ3) is 2.21. The first kappa shape index (κ1) is 11.0. The maximum atomic E-state index is 10.6. The average Bonchev–Trinajstić information content (AvgIpc) is 2.64. The molecule has 6 heteroatoms. The minimum Gasteiger partial charge on any atom is -0.481 e. The Balaban J connectivity index is 2.51. The summed E-state index contributed by atoms with van der Waals surface area (Å²) in [7, 11) is 0. The summed E-state index contributed by atoms with van der Waals surface area (Å²) >= 11 is 0. The fourth-order valence-corrected chi connectivity index (χ4v) is 1.80. The van der Waals surface area contributed by atoms with E-state index in [1.54, 1.807) is 0 Å². The Kier molecular flexibility index (Phi) is 2.98. The predicted octanol–water partition coefficient (Wildman–Crippen LogP) is 3.13. The number of azide groups is 1. The van der Waals surface area contributed by atoms with Crippen LogP contribution in [0.4, 0.5) is 5.82 Å². The van der Waals surface area contributed by atoms with E-state index >= 15 is 0 Å². The van der Waals surface area contributed by atoms with E-state index < -0.39 is 5.97 Å². The van der Waals surface area contributed by atoms with E-state index in [2.05, 4.69) is 15.0 Å². The van der Waals surface area contributed by atoms with Crippen molar-refractivity contribution < 1.29 is 9.90 Å². The summed E-state index contributed by atoms with van der Waals surface area (Å²) in [4.78, 5) is 16.3. The number of hydrogen-bond acceptors (Lipinski definition) is 2. The van der Waals surface area contributed by atoms with Crippen molar-refractivity contribution in [2.75, 3.05) is 0 Å².